The number of carbonyl (C=O) groups excluding carboxylic acids is 1. The van der Waals surface area contributed by atoms with E-state index in [1.807, 2.05) is 24.3 Å². The lowest BCUT2D eigenvalue weighted by Crippen LogP contribution is -2.04. The van der Waals surface area contributed by atoms with Gasteiger partial charge in [-0.05, 0) is 25.0 Å². The van der Waals surface area contributed by atoms with E-state index < -0.39 is 0 Å². The quantitative estimate of drug-likeness (QED) is 0.823. The third-order valence-corrected chi connectivity index (χ3v) is 3.17. The molecular weight excluding hydrogens is 244 g/mol. The zero-order valence-corrected chi connectivity index (χ0v) is 10.6. The molecule has 0 radical (unpaired) electrons. The Morgan fingerprint density at radius 3 is 2.95 bits per heavy atom. The number of methoxy groups -OCH3 is 1. The van der Waals surface area contributed by atoms with Crippen LogP contribution in [0.2, 0.25) is 0 Å². The van der Waals surface area contributed by atoms with E-state index in [9.17, 15) is 4.79 Å². The SMILES string of the molecule is COc1ccccc1-c1noc(CC(=O)C2CC2)n1. The van der Waals surface area contributed by atoms with Gasteiger partial charge in [-0.15, -0.1) is 0 Å². The maximum absolute atomic E-state index is 11.7. The van der Waals surface area contributed by atoms with Crippen LogP contribution in [0, 0.1) is 5.92 Å². The maximum atomic E-state index is 11.7. The molecule has 1 fully saturated rings. The standard InChI is InChI=1S/C14H14N2O3/c1-18-12-5-3-2-4-10(12)14-15-13(19-16-14)8-11(17)9-6-7-9/h2-5,9H,6-8H2,1H3. The van der Waals surface area contributed by atoms with Gasteiger partial charge in [0.15, 0.2) is 0 Å². The number of aromatic nitrogens is 2. The average molecular weight is 258 g/mol. The second-order valence-corrected chi connectivity index (χ2v) is 4.63. The van der Waals surface area contributed by atoms with Crippen molar-refractivity contribution >= 4 is 5.78 Å². The molecule has 0 saturated heterocycles. The second kappa shape index (κ2) is 4.84. The number of hydrogen-bond acceptors (Lipinski definition) is 5. The lowest BCUT2D eigenvalue weighted by molar-refractivity contribution is -0.119. The highest BCUT2D eigenvalue weighted by Gasteiger charge is 2.30. The van der Waals surface area contributed by atoms with E-state index in [0.29, 0.717) is 17.5 Å². The summed E-state index contributed by atoms with van der Waals surface area (Å²) in [4.78, 5) is 16.0. The summed E-state index contributed by atoms with van der Waals surface area (Å²) >= 11 is 0. The second-order valence-electron chi connectivity index (χ2n) is 4.63. The highest BCUT2D eigenvalue weighted by atomic mass is 16.5. The summed E-state index contributed by atoms with van der Waals surface area (Å²) in [5.41, 5.74) is 0.763. The van der Waals surface area contributed by atoms with Crippen molar-refractivity contribution in [2.24, 2.45) is 5.92 Å². The lowest BCUT2D eigenvalue weighted by Gasteiger charge is -2.02. The van der Waals surface area contributed by atoms with Crippen LogP contribution in [-0.2, 0) is 11.2 Å². The van der Waals surface area contributed by atoms with Crippen molar-refractivity contribution in [2.75, 3.05) is 7.11 Å². The summed E-state index contributed by atoms with van der Waals surface area (Å²) in [6.45, 7) is 0. The average Bonchev–Trinajstić information content (AvgIpc) is 3.20. The fourth-order valence-electron chi connectivity index (χ4n) is 1.96. The Morgan fingerprint density at radius 1 is 1.42 bits per heavy atom. The molecule has 1 aliphatic rings. The Kier molecular flexibility index (Phi) is 3.03. The van der Waals surface area contributed by atoms with Crippen LogP contribution in [0.15, 0.2) is 28.8 Å². The molecule has 0 unspecified atom stereocenters. The Hall–Kier alpha value is -2.17. The molecule has 0 N–H and O–H groups in total. The van der Waals surface area contributed by atoms with Crippen molar-refractivity contribution in [1.29, 1.82) is 0 Å². The summed E-state index contributed by atoms with van der Waals surface area (Å²) < 4.78 is 10.4. The fourth-order valence-corrected chi connectivity index (χ4v) is 1.96. The van der Waals surface area contributed by atoms with Crippen molar-refractivity contribution in [3.63, 3.8) is 0 Å². The first-order valence-corrected chi connectivity index (χ1v) is 6.26. The van der Waals surface area contributed by atoms with E-state index in [2.05, 4.69) is 10.1 Å². The minimum absolute atomic E-state index is 0.190. The predicted octanol–water partition coefficient (Wildman–Crippen LogP) is 2.27. The zero-order valence-electron chi connectivity index (χ0n) is 10.6. The molecule has 1 aromatic carbocycles. The van der Waals surface area contributed by atoms with Crippen LogP contribution in [0.25, 0.3) is 11.4 Å². The number of Topliss-reactive ketones (excluding diaryl/α,β-unsaturated/α-hetero) is 1. The molecule has 0 spiro atoms. The van der Waals surface area contributed by atoms with Crippen LogP contribution < -0.4 is 4.74 Å². The summed E-state index contributed by atoms with van der Waals surface area (Å²) in [7, 11) is 1.59. The number of hydrogen-bond donors (Lipinski definition) is 0. The molecule has 0 amide bonds. The molecule has 1 heterocycles. The molecule has 5 heteroatoms. The van der Waals surface area contributed by atoms with E-state index >= 15 is 0 Å². The zero-order chi connectivity index (χ0) is 13.2. The van der Waals surface area contributed by atoms with Gasteiger partial charge in [-0.1, -0.05) is 17.3 Å². The van der Waals surface area contributed by atoms with Gasteiger partial charge in [0.05, 0.1) is 19.1 Å². The van der Waals surface area contributed by atoms with Gasteiger partial charge in [0, 0.05) is 5.92 Å². The minimum atomic E-state index is 0.190. The Balaban J connectivity index is 1.82. The molecule has 0 bridgehead atoms. The third kappa shape index (κ3) is 2.50. The number of benzene rings is 1. The molecule has 1 saturated carbocycles. The first-order valence-electron chi connectivity index (χ1n) is 6.26. The van der Waals surface area contributed by atoms with Crippen molar-refractivity contribution in [3.8, 4) is 17.1 Å². The van der Waals surface area contributed by atoms with Crippen LogP contribution in [0.5, 0.6) is 5.75 Å². The molecule has 19 heavy (non-hydrogen) atoms. The molecule has 1 aromatic heterocycles. The van der Waals surface area contributed by atoms with E-state index in [0.717, 1.165) is 18.4 Å². The van der Waals surface area contributed by atoms with Gasteiger partial charge in [-0.25, -0.2) is 0 Å². The van der Waals surface area contributed by atoms with Gasteiger partial charge in [-0.3, -0.25) is 4.79 Å². The van der Waals surface area contributed by atoms with Crippen LogP contribution in [0.3, 0.4) is 0 Å². The van der Waals surface area contributed by atoms with Crippen molar-refractivity contribution in [2.45, 2.75) is 19.3 Å². The van der Waals surface area contributed by atoms with E-state index in [-0.39, 0.29) is 18.1 Å². The fraction of sp³-hybridized carbons (Fsp3) is 0.357. The van der Waals surface area contributed by atoms with Crippen LogP contribution in [-0.4, -0.2) is 23.0 Å². The molecule has 0 atom stereocenters. The molecule has 5 nitrogen and oxygen atoms in total. The Morgan fingerprint density at radius 2 is 2.21 bits per heavy atom. The normalized spacial score (nSPS) is 14.4. The first-order chi connectivity index (χ1) is 9.28. The molecule has 0 aliphatic heterocycles. The highest BCUT2D eigenvalue weighted by Crippen LogP contribution is 2.31. The number of para-hydroxylation sites is 1. The highest BCUT2D eigenvalue weighted by molar-refractivity contribution is 5.84. The van der Waals surface area contributed by atoms with Crippen LogP contribution >= 0.6 is 0 Å². The molecule has 2 aromatic rings. The lowest BCUT2D eigenvalue weighted by atomic mass is 10.2. The van der Waals surface area contributed by atoms with Crippen molar-refractivity contribution < 1.29 is 14.1 Å². The van der Waals surface area contributed by atoms with Gasteiger partial charge in [0.25, 0.3) is 0 Å². The molecular formula is C14H14N2O3. The summed E-state index contributed by atoms with van der Waals surface area (Å²) in [5, 5.41) is 3.91. The summed E-state index contributed by atoms with van der Waals surface area (Å²) in [5.74, 6) is 1.91. The maximum Gasteiger partial charge on any atom is 0.234 e. The smallest absolute Gasteiger partial charge is 0.234 e. The van der Waals surface area contributed by atoms with Crippen LogP contribution in [0.1, 0.15) is 18.7 Å². The summed E-state index contributed by atoms with van der Waals surface area (Å²) in [6.07, 6.45) is 2.21. The van der Waals surface area contributed by atoms with Crippen molar-refractivity contribution in [1.82, 2.24) is 10.1 Å². The monoisotopic (exact) mass is 258 g/mol. The van der Waals surface area contributed by atoms with E-state index in [1.54, 1.807) is 7.11 Å². The van der Waals surface area contributed by atoms with Gasteiger partial charge in [0.1, 0.15) is 11.5 Å². The predicted molar refractivity (Wildman–Crippen MR) is 67.7 cm³/mol. The number of ether oxygens (including phenoxy) is 1. The first kappa shape index (κ1) is 11.9. The van der Waals surface area contributed by atoms with E-state index in [1.165, 1.54) is 0 Å². The van der Waals surface area contributed by atoms with E-state index in [4.69, 9.17) is 9.26 Å². The number of rotatable bonds is 5. The number of carbonyl (C=O) groups is 1. The minimum Gasteiger partial charge on any atom is -0.496 e. The number of nitrogens with zero attached hydrogens (tertiary/aromatic N) is 2. The Bertz CT molecular complexity index is 602. The molecule has 1 aliphatic carbocycles. The molecule has 98 valence electrons. The van der Waals surface area contributed by atoms with Gasteiger partial charge in [0.2, 0.25) is 11.7 Å². The summed E-state index contributed by atoms with van der Waals surface area (Å²) in [6, 6.07) is 7.44. The Labute approximate surface area is 110 Å². The number of ketones is 1. The van der Waals surface area contributed by atoms with Crippen LogP contribution in [0.4, 0.5) is 0 Å². The third-order valence-electron chi connectivity index (χ3n) is 3.17. The van der Waals surface area contributed by atoms with Gasteiger partial charge >= 0.3 is 0 Å². The topological polar surface area (TPSA) is 65.2 Å². The molecule has 3 rings (SSSR count). The largest absolute Gasteiger partial charge is 0.496 e. The van der Waals surface area contributed by atoms with Gasteiger partial charge in [-0.2, -0.15) is 4.98 Å². The van der Waals surface area contributed by atoms with Crippen molar-refractivity contribution in [3.05, 3.63) is 30.2 Å². The van der Waals surface area contributed by atoms with Gasteiger partial charge < -0.3 is 9.26 Å².